The van der Waals surface area contributed by atoms with E-state index < -0.39 is 16.2 Å². The zero-order valence-corrected chi connectivity index (χ0v) is 21.2. The number of hydrogen-bond acceptors (Lipinski definition) is 7. The van der Waals surface area contributed by atoms with Crippen LogP contribution >= 0.6 is 11.6 Å². The van der Waals surface area contributed by atoms with Crippen molar-refractivity contribution in [2.45, 2.75) is 14.0 Å². The van der Waals surface area contributed by atoms with Gasteiger partial charge in [-0.25, -0.2) is 0 Å². The van der Waals surface area contributed by atoms with Crippen LogP contribution in [0, 0.1) is 10.1 Å². The van der Waals surface area contributed by atoms with Gasteiger partial charge in [0, 0.05) is 55.2 Å². The molecule has 37 heavy (non-hydrogen) atoms. The minimum atomic E-state index is -0.650. The van der Waals surface area contributed by atoms with Crippen LogP contribution < -0.4 is 15.2 Å². The molecule has 0 N–H and O–H groups in total. The molecule has 0 saturated carbocycles. The highest BCUT2D eigenvalue weighted by Gasteiger charge is 2.32. The highest BCUT2D eigenvalue weighted by Crippen LogP contribution is 2.35. The molecule has 1 amide bonds. The molecule has 1 fully saturated rings. The number of methoxy groups -OCH3 is 1. The first-order valence-corrected chi connectivity index (χ1v) is 11.9. The molecule has 0 bridgehead atoms. The van der Waals surface area contributed by atoms with E-state index in [0.717, 1.165) is 0 Å². The van der Waals surface area contributed by atoms with E-state index in [2.05, 4.69) is 0 Å². The summed E-state index contributed by atoms with van der Waals surface area (Å²) in [4.78, 5) is 43.3. The second-order valence-corrected chi connectivity index (χ2v) is 9.32. The van der Waals surface area contributed by atoms with Crippen molar-refractivity contribution in [2.75, 3.05) is 58.8 Å². The number of pyridine rings is 1. The third kappa shape index (κ3) is 5.70. The monoisotopic (exact) mass is 529 g/mol. The molecule has 198 valence electrons. The quantitative estimate of drug-likeness (QED) is 0.339. The largest absolute Gasteiger partial charge is 0.497 e. The standard InChI is InChI=1S/C25H28ClN5O5.CH4/c1-27(2)10-15-30-21-9-6-18(26)16-20(21)22(23(25(30)33)31(34)35)28-11-13-29(14-12-28)24(32)17-4-7-19(36-3)8-5-17;/h4-9,16H,10-15H2,1-3H3;1H4. The van der Waals surface area contributed by atoms with E-state index in [1.165, 1.54) is 4.57 Å². The fourth-order valence-corrected chi connectivity index (χ4v) is 4.63. The van der Waals surface area contributed by atoms with Gasteiger partial charge in [0.1, 0.15) is 11.4 Å². The summed E-state index contributed by atoms with van der Waals surface area (Å²) >= 11 is 6.29. The molecule has 1 aromatic heterocycles. The first-order valence-electron chi connectivity index (χ1n) is 11.5. The number of anilines is 1. The van der Waals surface area contributed by atoms with Gasteiger partial charge in [-0.15, -0.1) is 0 Å². The Morgan fingerprint density at radius 3 is 2.32 bits per heavy atom. The van der Waals surface area contributed by atoms with Gasteiger partial charge in [-0.1, -0.05) is 19.0 Å². The summed E-state index contributed by atoms with van der Waals surface area (Å²) in [5, 5.41) is 13.1. The van der Waals surface area contributed by atoms with Crippen molar-refractivity contribution < 1.29 is 14.5 Å². The Balaban J connectivity index is 0.00000380. The number of carbonyl (C=O) groups is 1. The molecule has 2 heterocycles. The van der Waals surface area contributed by atoms with Crippen molar-refractivity contribution in [1.82, 2.24) is 14.4 Å². The number of piperazine rings is 1. The number of halogens is 1. The highest BCUT2D eigenvalue weighted by atomic mass is 35.5. The predicted octanol–water partition coefficient (Wildman–Crippen LogP) is 3.73. The summed E-state index contributed by atoms with van der Waals surface area (Å²) in [5.74, 6) is 0.536. The van der Waals surface area contributed by atoms with Crippen LogP contribution in [0.2, 0.25) is 5.02 Å². The molecule has 10 nitrogen and oxygen atoms in total. The van der Waals surface area contributed by atoms with Gasteiger partial charge < -0.3 is 24.0 Å². The number of likely N-dealkylation sites (N-methyl/N-ethyl adjacent to an activating group) is 1. The summed E-state index contributed by atoms with van der Waals surface area (Å²) in [7, 11) is 5.31. The summed E-state index contributed by atoms with van der Waals surface area (Å²) in [6.45, 7) is 2.23. The van der Waals surface area contributed by atoms with E-state index in [-0.39, 0.29) is 19.0 Å². The molecule has 4 rings (SSSR count). The first kappa shape index (κ1) is 27.9. The van der Waals surface area contributed by atoms with Crippen molar-refractivity contribution in [1.29, 1.82) is 0 Å². The summed E-state index contributed by atoms with van der Waals surface area (Å²) in [5.41, 5.74) is 0.251. The molecule has 0 aliphatic carbocycles. The Hall–Kier alpha value is -3.63. The van der Waals surface area contributed by atoms with Crippen LogP contribution in [-0.2, 0) is 6.54 Å². The van der Waals surface area contributed by atoms with E-state index in [4.69, 9.17) is 16.3 Å². The van der Waals surface area contributed by atoms with Crippen molar-refractivity contribution in [3.63, 3.8) is 0 Å². The van der Waals surface area contributed by atoms with Gasteiger partial charge in [-0.05, 0) is 56.6 Å². The van der Waals surface area contributed by atoms with Crippen LogP contribution in [0.4, 0.5) is 11.4 Å². The van der Waals surface area contributed by atoms with Gasteiger partial charge in [0.25, 0.3) is 5.91 Å². The molecule has 3 aromatic rings. The van der Waals surface area contributed by atoms with Gasteiger partial charge in [0.05, 0.1) is 17.5 Å². The Kier molecular flexibility index (Phi) is 8.77. The number of nitrogens with zero attached hydrogens (tertiary/aromatic N) is 5. The zero-order chi connectivity index (χ0) is 26.0. The Labute approximate surface area is 220 Å². The Morgan fingerprint density at radius 2 is 1.76 bits per heavy atom. The third-order valence-corrected chi connectivity index (χ3v) is 6.59. The second-order valence-electron chi connectivity index (χ2n) is 8.88. The van der Waals surface area contributed by atoms with Gasteiger partial charge >= 0.3 is 11.2 Å². The van der Waals surface area contributed by atoms with Crippen LogP contribution in [0.5, 0.6) is 5.75 Å². The summed E-state index contributed by atoms with van der Waals surface area (Å²) in [6.07, 6.45) is 0. The number of amides is 1. The minimum absolute atomic E-state index is 0. The topological polar surface area (TPSA) is 101 Å². The lowest BCUT2D eigenvalue weighted by Gasteiger charge is -2.36. The van der Waals surface area contributed by atoms with E-state index in [1.54, 1.807) is 54.5 Å². The number of aromatic nitrogens is 1. The number of hydrogen-bond donors (Lipinski definition) is 0. The van der Waals surface area contributed by atoms with E-state index in [0.29, 0.717) is 66.5 Å². The SMILES string of the molecule is C.COc1ccc(C(=O)N2CCN(c3c([N+](=O)[O-])c(=O)n(CCN(C)C)c4ccc(Cl)cc34)CC2)cc1. The third-order valence-electron chi connectivity index (χ3n) is 6.35. The molecule has 11 heteroatoms. The number of ether oxygens (including phenoxy) is 1. The Bertz CT molecular complexity index is 1350. The van der Waals surface area contributed by atoms with Crippen LogP contribution in [0.3, 0.4) is 0 Å². The fraction of sp³-hybridized carbons (Fsp3) is 0.385. The summed E-state index contributed by atoms with van der Waals surface area (Å²) in [6, 6.07) is 12.0. The van der Waals surface area contributed by atoms with Crippen molar-refractivity contribution in [3.05, 3.63) is 73.5 Å². The molecule has 0 radical (unpaired) electrons. The lowest BCUT2D eigenvalue weighted by atomic mass is 10.1. The smallest absolute Gasteiger partial charge is 0.357 e. The molecule has 0 atom stereocenters. The zero-order valence-electron chi connectivity index (χ0n) is 20.4. The average molecular weight is 530 g/mol. The number of fused-ring (bicyclic) bond motifs is 1. The van der Waals surface area contributed by atoms with Crippen molar-refractivity contribution in [3.8, 4) is 5.75 Å². The predicted molar refractivity (Wildman–Crippen MR) is 146 cm³/mol. The van der Waals surface area contributed by atoms with E-state index >= 15 is 0 Å². The molecule has 1 aliphatic heterocycles. The van der Waals surface area contributed by atoms with Crippen LogP contribution in [0.15, 0.2) is 47.3 Å². The van der Waals surface area contributed by atoms with Crippen molar-refractivity contribution in [2.24, 2.45) is 0 Å². The molecule has 1 aliphatic rings. The number of nitro groups is 1. The van der Waals surface area contributed by atoms with E-state index in [1.807, 2.05) is 23.9 Å². The minimum Gasteiger partial charge on any atom is -0.497 e. The number of carbonyl (C=O) groups excluding carboxylic acids is 1. The second kappa shape index (κ2) is 11.6. The van der Waals surface area contributed by atoms with Crippen LogP contribution in [0.25, 0.3) is 10.9 Å². The van der Waals surface area contributed by atoms with Crippen LogP contribution in [0.1, 0.15) is 17.8 Å². The molecule has 1 saturated heterocycles. The van der Waals surface area contributed by atoms with Gasteiger partial charge in [0.2, 0.25) is 0 Å². The van der Waals surface area contributed by atoms with Crippen LogP contribution in [-0.4, -0.2) is 79.1 Å². The Morgan fingerprint density at radius 1 is 1.11 bits per heavy atom. The lowest BCUT2D eigenvalue weighted by molar-refractivity contribution is -0.385. The van der Waals surface area contributed by atoms with Gasteiger partial charge in [-0.2, -0.15) is 0 Å². The molecule has 2 aromatic carbocycles. The average Bonchev–Trinajstić information content (AvgIpc) is 2.87. The van der Waals surface area contributed by atoms with Gasteiger partial charge in [-0.3, -0.25) is 19.7 Å². The lowest BCUT2D eigenvalue weighted by Crippen LogP contribution is -2.49. The fourth-order valence-electron chi connectivity index (χ4n) is 4.46. The molecular weight excluding hydrogens is 498 g/mol. The maximum Gasteiger partial charge on any atom is 0.357 e. The normalized spacial score (nSPS) is 13.5. The summed E-state index contributed by atoms with van der Waals surface area (Å²) < 4.78 is 6.59. The molecular formula is C26H32ClN5O5. The van der Waals surface area contributed by atoms with Crippen molar-refractivity contribution >= 4 is 39.8 Å². The van der Waals surface area contributed by atoms with E-state index in [9.17, 15) is 19.7 Å². The maximum atomic E-state index is 13.4. The number of rotatable bonds is 7. The maximum absolute atomic E-state index is 13.4. The first-order chi connectivity index (χ1) is 17.2. The molecule has 0 spiro atoms. The highest BCUT2D eigenvalue weighted by molar-refractivity contribution is 6.31. The van der Waals surface area contributed by atoms with Gasteiger partial charge in [0.15, 0.2) is 0 Å². The molecule has 0 unspecified atom stereocenters. The number of benzene rings is 2.